The van der Waals surface area contributed by atoms with Crippen LogP contribution in [-0.4, -0.2) is 58.5 Å². The molecule has 11 heteroatoms. The minimum Gasteiger partial charge on any atom is -0.493 e. The molecule has 0 saturated carbocycles. The molecule has 9 nitrogen and oxygen atoms in total. The highest BCUT2D eigenvalue weighted by Crippen LogP contribution is 2.32. The van der Waals surface area contributed by atoms with Gasteiger partial charge in [-0.15, -0.1) is 0 Å². The van der Waals surface area contributed by atoms with Crippen LogP contribution in [0.2, 0.25) is 0 Å². The lowest BCUT2D eigenvalue weighted by Gasteiger charge is -2.34. The maximum atomic E-state index is 15.0. The third-order valence-electron chi connectivity index (χ3n) is 7.46. The van der Waals surface area contributed by atoms with E-state index in [0.29, 0.717) is 12.3 Å². The lowest BCUT2D eigenvalue weighted by Crippen LogP contribution is -2.53. The zero-order valence-electron chi connectivity index (χ0n) is 26.3. The number of sulfonamides is 1. The Labute approximate surface area is 269 Å². The van der Waals surface area contributed by atoms with Gasteiger partial charge in [0.2, 0.25) is 11.8 Å². The number of carbonyl (C=O) groups is 2. The van der Waals surface area contributed by atoms with E-state index in [1.54, 1.807) is 37.3 Å². The summed E-state index contributed by atoms with van der Waals surface area (Å²) in [4.78, 5) is 29.1. The van der Waals surface area contributed by atoms with Gasteiger partial charge in [-0.2, -0.15) is 0 Å². The van der Waals surface area contributed by atoms with Crippen LogP contribution in [0.25, 0.3) is 0 Å². The molecule has 0 bridgehead atoms. The van der Waals surface area contributed by atoms with Crippen molar-refractivity contribution in [2.45, 2.75) is 37.8 Å². The third-order valence-corrected chi connectivity index (χ3v) is 9.23. The number of hydrogen-bond acceptors (Lipinski definition) is 6. The largest absolute Gasteiger partial charge is 0.493 e. The fourth-order valence-electron chi connectivity index (χ4n) is 5.00. The lowest BCUT2D eigenvalue weighted by atomic mass is 10.0. The average molecular weight is 648 g/mol. The highest BCUT2D eigenvalue weighted by atomic mass is 32.2. The second-order valence-electron chi connectivity index (χ2n) is 10.6. The maximum absolute atomic E-state index is 15.0. The van der Waals surface area contributed by atoms with E-state index in [1.807, 2.05) is 37.3 Å². The molecule has 4 aromatic rings. The summed E-state index contributed by atoms with van der Waals surface area (Å²) in [5, 5.41) is 2.79. The Morgan fingerprint density at radius 3 is 2.15 bits per heavy atom. The number of nitrogens with one attached hydrogen (secondary N) is 1. The lowest BCUT2D eigenvalue weighted by molar-refractivity contribution is -0.140. The van der Waals surface area contributed by atoms with Gasteiger partial charge in [0.25, 0.3) is 10.0 Å². The topological polar surface area (TPSA) is 105 Å². The van der Waals surface area contributed by atoms with Gasteiger partial charge in [-0.1, -0.05) is 66.2 Å². The van der Waals surface area contributed by atoms with Crippen molar-refractivity contribution in [3.8, 4) is 11.5 Å². The van der Waals surface area contributed by atoms with Gasteiger partial charge in [-0.05, 0) is 49.7 Å². The Balaban J connectivity index is 1.82. The highest BCUT2D eigenvalue weighted by Gasteiger charge is 2.35. The molecular weight excluding hydrogens is 609 g/mol. The number of anilines is 1. The molecule has 1 N–H and O–H groups in total. The molecule has 0 spiro atoms. The molecule has 0 heterocycles. The molecule has 0 aliphatic carbocycles. The normalized spacial score (nSPS) is 11.8. The first kappa shape index (κ1) is 34.0. The van der Waals surface area contributed by atoms with E-state index in [4.69, 9.17) is 9.47 Å². The third kappa shape index (κ3) is 8.02. The number of benzene rings is 4. The van der Waals surface area contributed by atoms with Crippen LogP contribution in [0.4, 0.5) is 10.1 Å². The van der Waals surface area contributed by atoms with E-state index < -0.39 is 40.2 Å². The predicted octanol–water partition coefficient (Wildman–Crippen LogP) is 5.12. The Bertz CT molecular complexity index is 1750. The summed E-state index contributed by atoms with van der Waals surface area (Å²) >= 11 is 0. The number of carbonyl (C=O) groups excluding carboxylic acids is 2. The van der Waals surface area contributed by atoms with Gasteiger partial charge in [0.15, 0.2) is 11.5 Å². The van der Waals surface area contributed by atoms with Gasteiger partial charge in [0.1, 0.15) is 18.4 Å². The first-order valence-corrected chi connectivity index (χ1v) is 16.2. The number of hydrogen-bond donors (Lipinski definition) is 1. The molecule has 0 saturated heterocycles. The Kier molecular flexibility index (Phi) is 11.4. The van der Waals surface area contributed by atoms with Crippen LogP contribution in [0.3, 0.4) is 0 Å². The van der Waals surface area contributed by atoms with Gasteiger partial charge < -0.3 is 19.7 Å². The van der Waals surface area contributed by atoms with E-state index in [0.717, 1.165) is 15.4 Å². The summed E-state index contributed by atoms with van der Waals surface area (Å²) in [5.74, 6) is -1.16. The second kappa shape index (κ2) is 15.4. The molecule has 4 rings (SSSR count). The van der Waals surface area contributed by atoms with Crippen molar-refractivity contribution in [1.29, 1.82) is 0 Å². The van der Waals surface area contributed by atoms with Gasteiger partial charge in [0.05, 0.1) is 24.8 Å². The van der Waals surface area contributed by atoms with Crippen LogP contribution in [0.1, 0.15) is 23.6 Å². The summed E-state index contributed by atoms with van der Waals surface area (Å²) in [7, 11) is -1.54. The molecule has 242 valence electrons. The van der Waals surface area contributed by atoms with Crippen LogP contribution >= 0.6 is 0 Å². The zero-order valence-corrected chi connectivity index (χ0v) is 27.1. The monoisotopic (exact) mass is 647 g/mol. The number of ether oxygens (including phenoxy) is 2. The van der Waals surface area contributed by atoms with Crippen molar-refractivity contribution < 1.29 is 31.9 Å². The van der Waals surface area contributed by atoms with E-state index in [2.05, 4.69) is 5.32 Å². The fraction of sp³-hybridized carbons (Fsp3) is 0.257. The van der Waals surface area contributed by atoms with E-state index >= 15 is 0 Å². The fourth-order valence-corrected chi connectivity index (χ4v) is 6.43. The van der Waals surface area contributed by atoms with Crippen LogP contribution < -0.4 is 19.1 Å². The summed E-state index contributed by atoms with van der Waals surface area (Å²) in [6.45, 7) is 2.99. The minimum atomic E-state index is -4.37. The van der Waals surface area contributed by atoms with Crippen LogP contribution in [0.5, 0.6) is 11.5 Å². The molecule has 4 aromatic carbocycles. The van der Waals surface area contributed by atoms with E-state index in [-0.39, 0.29) is 34.9 Å². The molecule has 0 unspecified atom stereocenters. The van der Waals surface area contributed by atoms with E-state index in [9.17, 15) is 22.4 Å². The van der Waals surface area contributed by atoms with Crippen molar-refractivity contribution in [2.24, 2.45) is 0 Å². The zero-order chi connectivity index (χ0) is 33.3. The molecule has 0 aromatic heterocycles. The molecule has 46 heavy (non-hydrogen) atoms. The first-order chi connectivity index (χ1) is 22.1. The smallest absolute Gasteiger partial charge is 0.264 e. The van der Waals surface area contributed by atoms with E-state index in [1.165, 1.54) is 55.5 Å². The average Bonchev–Trinajstić information content (AvgIpc) is 3.06. The molecule has 0 aliphatic heterocycles. The standard InChI is InChI=1S/C35H38FN3O6S/c1-5-37-35(41)31(21-26-11-7-6-8-12-26)38(23-27-13-9-10-14-30(27)36)34(40)24-39(28-17-15-25(2)16-18-28)46(42,43)29-19-20-32(44-3)33(22-29)45-4/h6-20,22,31H,5,21,23-24H2,1-4H3,(H,37,41)/t31-/m1/s1. The molecule has 0 aliphatic rings. The molecular formula is C35H38FN3O6S. The Hall–Kier alpha value is -4.90. The number of methoxy groups -OCH3 is 2. The van der Waals surface area contributed by atoms with Crippen LogP contribution in [-0.2, 0) is 32.6 Å². The van der Waals surface area contributed by atoms with Crippen LogP contribution in [0, 0.1) is 12.7 Å². The van der Waals surface area contributed by atoms with Crippen LogP contribution in [0.15, 0.2) is 102 Å². The van der Waals surface area contributed by atoms with Crippen molar-refractivity contribution >= 4 is 27.5 Å². The predicted molar refractivity (Wildman–Crippen MR) is 175 cm³/mol. The molecule has 0 radical (unpaired) electrons. The number of amides is 2. The Morgan fingerprint density at radius 1 is 0.870 bits per heavy atom. The SMILES string of the molecule is CCNC(=O)[C@@H](Cc1ccccc1)N(Cc1ccccc1F)C(=O)CN(c1ccc(C)cc1)S(=O)(=O)c1ccc(OC)c(OC)c1. The van der Waals surface area contributed by atoms with Crippen molar-refractivity contribution in [3.63, 3.8) is 0 Å². The van der Waals surface area contributed by atoms with Crippen molar-refractivity contribution in [1.82, 2.24) is 10.2 Å². The van der Waals surface area contributed by atoms with Crippen molar-refractivity contribution in [3.05, 3.63) is 120 Å². The van der Waals surface area contributed by atoms with Gasteiger partial charge >= 0.3 is 0 Å². The van der Waals surface area contributed by atoms with Gasteiger partial charge in [-0.3, -0.25) is 13.9 Å². The summed E-state index contributed by atoms with van der Waals surface area (Å²) < 4.78 is 55.2. The number of rotatable bonds is 14. The number of aryl methyl sites for hydroxylation is 1. The first-order valence-electron chi connectivity index (χ1n) is 14.7. The number of halogens is 1. The molecule has 1 atom stereocenters. The number of likely N-dealkylation sites (N-methyl/N-ethyl adjacent to an activating group) is 1. The number of nitrogens with zero attached hydrogens (tertiary/aromatic N) is 2. The Morgan fingerprint density at radius 2 is 1.52 bits per heavy atom. The highest BCUT2D eigenvalue weighted by molar-refractivity contribution is 7.92. The maximum Gasteiger partial charge on any atom is 0.264 e. The minimum absolute atomic E-state index is 0.125. The molecule has 0 fully saturated rings. The van der Waals surface area contributed by atoms with Crippen molar-refractivity contribution in [2.75, 3.05) is 31.6 Å². The van der Waals surface area contributed by atoms with Gasteiger partial charge in [-0.25, -0.2) is 12.8 Å². The second-order valence-corrected chi connectivity index (χ2v) is 12.4. The summed E-state index contributed by atoms with van der Waals surface area (Å²) in [5.41, 5.74) is 2.08. The molecule has 2 amide bonds. The summed E-state index contributed by atoms with van der Waals surface area (Å²) in [6.07, 6.45) is 0.125. The van der Waals surface area contributed by atoms with Gasteiger partial charge in [0, 0.05) is 31.1 Å². The quantitative estimate of drug-likeness (QED) is 0.204. The summed E-state index contributed by atoms with van der Waals surface area (Å²) in [6, 6.07) is 24.9.